The van der Waals surface area contributed by atoms with Gasteiger partial charge >= 0.3 is 11.7 Å². The first kappa shape index (κ1) is 23.9. The molecule has 2 heterocycles. The molecular weight excluding hydrogens is 476 g/mol. The van der Waals surface area contributed by atoms with Gasteiger partial charge in [-0.05, 0) is 47.5 Å². The number of hydrogen-bond donors (Lipinski definition) is 2. The maximum absolute atomic E-state index is 13.4. The molecule has 3 aromatic carbocycles. The zero-order valence-corrected chi connectivity index (χ0v) is 20.4. The normalized spacial score (nSPS) is 12.2. The van der Waals surface area contributed by atoms with E-state index < -0.39 is 11.9 Å². The molecule has 5 aromatic rings. The van der Waals surface area contributed by atoms with E-state index in [4.69, 9.17) is 9.15 Å². The molecule has 5 rings (SSSR count). The lowest BCUT2D eigenvalue weighted by Crippen LogP contribution is -2.19. The number of esters is 1. The molecule has 2 N–H and O–H groups in total. The molecule has 0 aliphatic carbocycles. The second-order valence-electron chi connectivity index (χ2n) is 8.88. The first-order valence-corrected chi connectivity index (χ1v) is 11.5. The van der Waals surface area contributed by atoms with E-state index in [2.05, 4.69) is 0 Å². The molecule has 188 valence electrons. The summed E-state index contributed by atoms with van der Waals surface area (Å²) in [6, 6.07) is 14.4. The Balaban J connectivity index is 1.75. The second-order valence-corrected chi connectivity index (χ2v) is 8.88. The van der Waals surface area contributed by atoms with E-state index in [-0.39, 0.29) is 51.1 Å². The van der Waals surface area contributed by atoms with Gasteiger partial charge in [0.25, 0.3) is 0 Å². The van der Waals surface area contributed by atoms with Crippen molar-refractivity contribution in [3.05, 3.63) is 92.7 Å². The first-order chi connectivity index (χ1) is 17.7. The van der Waals surface area contributed by atoms with Crippen LogP contribution in [-0.4, -0.2) is 32.4 Å². The number of rotatable bonds is 5. The number of benzene rings is 3. The Morgan fingerprint density at radius 3 is 2.38 bits per heavy atom. The van der Waals surface area contributed by atoms with Crippen molar-refractivity contribution in [3.8, 4) is 22.6 Å². The van der Waals surface area contributed by atoms with Crippen molar-refractivity contribution < 1.29 is 24.2 Å². The number of aryl methyl sites for hydroxylation is 2. The number of carbonyl (C=O) groups is 1. The molecule has 0 unspecified atom stereocenters. The standard InChI is InChI=1S/C28H24N2O7/c1-29-21-10-6-16(12-22(21)30(2)28(29)35)19(13-24(33)36-3)25-23(32)11-9-18-26(34)20(14-37-27(18)25)15-4-7-17(31)8-5-15/h4-12,14,19,31-32H,13H2,1-3H3/t19-/m0/s1. The minimum atomic E-state index is -0.737. The molecule has 0 aliphatic rings. The van der Waals surface area contributed by atoms with Crippen LogP contribution in [0.1, 0.15) is 23.5 Å². The van der Waals surface area contributed by atoms with Crippen LogP contribution in [-0.2, 0) is 23.6 Å². The SMILES string of the molecule is COC(=O)C[C@@H](c1ccc2c(c1)n(C)c(=O)n2C)c1c(O)ccc2c(=O)c(-c3ccc(O)cc3)coc12. The minimum absolute atomic E-state index is 0.0691. The molecule has 9 heteroatoms. The maximum Gasteiger partial charge on any atom is 0.328 e. The Bertz CT molecular complexity index is 1790. The molecule has 0 radical (unpaired) electrons. The van der Waals surface area contributed by atoms with E-state index in [1.54, 1.807) is 44.4 Å². The Morgan fingerprint density at radius 2 is 1.68 bits per heavy atom. The molecule has 0 spiro atoms. The highest BCUT2D eigenvalue weighted by Gasteiger charge is 2.27. The highest BCUT2D eigenvalue weighted by molar-refractivity contribution is 5.88. The summed E-state index contributed by atoms with van der Waals surface area (Å²) in [6.07, 6.45) is 1.16. The van der Waals surface area contributed by atoms with Crippen LogP contribution in [0.25, 0.3) is 33.1 Å². The maximum atomic E-state index is 13.4. The van der Waals surface area contributed by atoms with Crippen LogP contribution >= 0.6 is 0 Å². The van der Waals surface area contributed by atoms with Gasteiger partial charge in [0, 0.05) is 25.6 Å². The van der Waals surface area contributed by atoms with Crippen molar-refractivity contribution in [2.45, 2.75) is 12.3 Å². The average molecular weight is 501 g/mol. The van der Waals surface area contributed by atoms with Crippen molar-refractivity contribution in [2.75, 3.05) is 7.11 Å². The van der Waals surface area contributed by atoms with Gasteiger partial charge in [0.05, 0.1) is 35.5 Å². The zero-order valence-electron chi connectivity index (χ0n) is 20.4. The highest BCUT2D eigenvalue weighted by atomic mass is 16.5. The minimum Gasteiger partial charge on any atom is -0.508 e. The molecule has 37 heavy (non-hydrogen) atoms. The summed E-state index contributed by atoms with van der Waals surface area (Å²) >= 11 is 0. The number of imidazole rings is 1. The van der Waals surface area contributed by atoms with Crippen LogP contribution in [0.15, 0.2) is 74.9 Å². The fourth-order valence-electron chi connectivity index (χ4n) is 4.77. The Kier molecular flexibility index (Phi) is 5.83. The fraction of sp³-hybridized carbons (Fsp3) is 0.179. The third-order valence-electron chi connectivity index (χ3n) is 6.78. The molecule has 0 aliphatic heterocycles. The molecule has 0 fully saturated rings. The lowest BCUT2D eigenvalue weighted by Gasteiger charge is -2.20. The Labute approximate surface area is 210 Å². The number of hydrogen-bond acceptors (Lipinski definition) is 7. The van der Waals surface area contributed by atoms with Gasteiger partial charge in [0.15, 0.2) is 0 Å². The summed E-state index contributed by atoms with van der Waals surface area (Å²) in [5.74, 6) is -1.34. The average Bonchev–Trinajstić information content (AvgIpc) is 3.11. The van der Waals surface area contributed by atoms with E-state index in [0.29, 0.717) is 22.2 Å². The third kappa shape index (κ3) is 3.94. The summed E-state index contributed by atoms with van der Waals surface area (Å²) in [6.45, 7) is 0. The fourth-order valence-corrected chi connectivity index (χ4v) is 4.77. The van der Waals surface area contributed by atoms with E-state index in [9.17, 15) is 24.6 Å². The van der Waals surface area contributed by atoms with Gasteiger partial charge in [0.2, 0.25) is 5.43 Å². The number of carbonyl (C=O) groups excluding carboxylic acids is 1. The van der Waals surface area contributed by atoms with Crippen molar-refractivity contribution in [3.63, 3.8) is 0 Å². The van der Waals surface area contributed by atoms with Gasteiger partial charge in [-0.2, -0.15) is 0 Å². The van der Waals surface area contributed by atoms with Crippen LogP contribution in [0.4, 0.5) is 0 Å². The highest BCUT2D eigenvalue weighted by Crippen LogP contribution is 2.40. The number of nitrogens with zero attached hydrogens (tertiary/aromatic N) is 2. The summed E-state index contributed by atoms with van der Waals surface area (Å²) < 4.78 is 13.9. The number of fused-ring (bicyclic) bond motifs is 2. The summed E-state index contributed by atoms with van der Waals surface area (Å²) in [7, 11) is 4.60. The molecular formula is C28H24N2O7. The lowest BCUT2D eigenvalue weighted by molar-refractivity contribution is -0.140. The smallest absolute Gasteiger partial charge is 0.328 e. The van der Waals surface area contributed by atoms with Gasteiger partial charge in [-0.1, -0.05) is 18.2 Å². The molecule has 0 saturated carbocycles. The molecule has 0 amide bonds. The van der Waals surface area contributed by atoms with E-state index >= 15 is 0 Å². The summed E-state index contributed by atoms with van der Waals surface area (Å²) in [5, 5.41) is 20.8. The predicted molar refractivity (Wildman–Crippen MR) is 138 cm³/mol. The third-order valence-corrected chi connectivity index (χ3v) is 6.78. The van der Waals surface area contributed by atoms with E-state index in [1.165, 1.54) is 46.8 Å². The van der Waals surface area contributed by atoms with Crippen LogP contribution in [0, 0.1) is 0 Å². The van der Waals surface area contributed by atoms with Gasteiger partial charge in [-0.15, -0.1) is 0 Å². The Hall–Kier alpha value is -4.79. The Morgan fingerprint density at radius 1 is 0.973 bits per heavy atom. The predicted octanol–water partition coefficient (Wildman–Crippen LogP) is 3.76. The van der Waals surface area contributed by atoms with Crippen molar-refractivity contribution in [1.29, 1.82) is 0 Å². The van der Waals surface area contributed by atoms with Crippen LogP contribution in [0.3, 0.4) is 0 Å². The number of methoxy groups -OCH3 is 1. The van der Waals surface area contributed by atoms with E-state index in [0.717, 1.165) is 0 Å². The molecule has 0 bridgehead atoms. The monoisotopic (exact) mass is 500 g/mol. The summed E-state index contributed by atoms with van der Waals surface area (Å²) in [4.78, 5) is 38.3. The zero-order chi connectivity index (χ0) is 26.4. The number of aromatic nitrogens is 2. The van der Waals surface area contributed by atoms with Gasteiger partial charge in [-0.25, -0.2) is 4.79 Å². The number of phenols is 2. The van der Waals surface area contributed by atoms with Crippen LogP contribution < -0.4 is 11.1 Å². The van der Waals surface area contributed by atoms with Crippen molar-refractivity contribution >= 4 is 28.0 Å². The second kappa shape index (κ2) is 9.02. The van der Waals surface area contributed by atoms with Gasteiger partial charge < -0.3 is 19.4 Å². The van der Waals surface area contributed by atoms with Crippen LogP contribution in [0.2, 0.25) is 0 Å². The van der Waals surface area contributed by atoms with Gasteiger partial charge in [-0.3, -0.25) is 18.7 Å². The molecule has 1 atom stereocenters. The number of phenolic OH excluding ortho intramolecular Hbond substituents is 2. The van der Waals surface area contributed by atoms with Crippen molar-refractivity contribution in [2.24, 2.45) is 14.1 Å². The van der Waals surface area contributed by atoms with Crippen LogP contribution in [0.5, 0.6) is 11.5 Å². The molecule has 9 nitrogen and oxygen atoms in total. The number of aromatic hydroxyl groups is 2. The quantitative estimate of drug-likeness (QED) is 0.352. The topological polar surface area (TPSA) is 124 Å². The lowest BCUT2D eigenvalue weighted by atomic mass is 9.86. The van der Waals surface area contributed by atoms with Gasteiger partial charge in [0.1, 0.15) is 23.3 Å². The van der Waals surface area contributed by atoms with Crippen molar-refractivity contribution in [1.82, 2.24) is 9.13 Å². The number of ether oxygens (including phenoxy) is 1. The summed E-state index contributed by atoms with van der Waals surface area (Å²) in [5.41, 5.74) is 2.71. The molecule has 0 saturated heterocycles. The molecule has 2 aromatic heterocycles. The first-order valence-electron chi connectivity index (χ1n) is 11.5. The largest absolute Gasteiger partial charge is 0.508 e. The van der Waals surface area contributed by atoms with E-state index in [1.807, 2.05) is 0 Å².